The molecule has 2 heteroatoms. The van der Waals surface area contributed by atoms with Crippen LogP contribution in [0.25, 0.3) is 11.3 Å². The SMILES string of the molecule is CCCCCCCCCCc1ccc(-c2ccc(CCCCCCCC)nn2)cc1. The topological polar surface area (TPSA) is 25.8 Å². The molecule has 0 aliphatic heterocycles. The highest BCUT2D eigenvalue weighted by Crippen LogP contribution is 2.19. The number of unbranched alkanes of at least 4 members (excludes halogenated alkanes) is 12. The van der Waals surface area contributed by atoms with Crippen LogP contribution < -0.4 is 0 Å². The first-order chi connectivity index (χ1) is 14.8. The zero-order chi connectivity index (χ0) is 21.3. The van der Waals surface area contributed by atoms with Gasteiger partial charge in [-0.15, -0.1) is 0 Å². The van der Waals surface area contributed by atoms with E-state index < -0.39 is 0 Å². The highest BCUT2D eigenvalue weighted by molar-refractivity contribution is 5.58. The van der Waals surface area contributed by atoms with E-state index in [9.17, 15) is 0 Å². The minimum absolute atomic E-state index is 0.986. The average molecular weight is 409 g/mol. The van der Waals surface area contributed by atoms with Gasteiger partial charge in [0.1, 0.15) is 0 Å². The molecule has 0 saturated heterocycles. The molecule has 2 aromatic rings. The lowest BCUT2D eigenvalue weighted by Gasteiger charge is -2.06. The van der Waals surface area contributed by atoms with Gasteiger partial charge in [-0.3, -0.25) is 0 Å². The molecular formula is C28H44N2. The molecule has 0 fully saturated rings. The van der Waals surface area contributed by atoms with Crippen LogP contribution in [0.5, 0.6) is 0 Å². The molecule has 0 radical (unpaired) electrons. The van der Waals surface area contributed by atoms with Crippen molar-refractivity contribution in [2.75, 3.05) is 0 Å². The van der Waals surface area contributed by atoms with E-state index in [0.29, 0.717) is 0 Å². The second-order valence-electron chi connectivity index (χ2n) is 8.85. The summed E-state index contributed by atoms with van der Waals surface area (Å²) in [6.07, 6.45) is 21.2. The Morgan fingerprint density at radius 3 is 1.57 bits per heavy atom. The van der Waals surface area contributed by atoms with Gasteiger partial charge in [0.25, 0.3) is 0 Å². The van der Waals surface area contributed by atoms with Crippen molar-refractivity contribution < 1.29 is 0 Å². The van der Waals surface area contributed by atoms with Crippen molar-refractivity contribution in [1.82, 2.24) is 10.2 Å². The minimum atomic E-state index is 0.986. The van der Waals surface area contributed by atoms with Crippen LogP contribution in [0.2, 0.25) is 0 Å². The second kappa shape index (κ2) is 16.1. The predicted octanol–water partition coefficient (Wildman–Crippen LogP) is 8.73. The Kier molecular flexibility index (Phi) is 13.1. The zero-order valence-electron chi connectivity index (χ0n) is 19.7. The fourth-order valence-electron chi connectivity index (χ4n) is 4.04. The molecule has 0 aliphatic rings. The Balaban J connectivity index is 1.65. The summed E-state index contributed by atoms with van der Waals surface area (Å²) >= 11 is 0. The van der Waals surface area contributed by atoms with Crippen LogP contribution >= 0.6 is 0 Å². The summed E-state index contributed by atoms with van der Waals surface area (Å²) in [6, 6.07) is 13.2. The summed E-state index contributed by atoms with van der Waals surface area (Å²) in [4.78, 5) is 0. The summed E-state index contributed by atoms with van der Waals surface area (Å²) in [6.45, 7) is 4.55. The van der Waals surface area contributed by atoms with Gasteiger partial charge < -0.3 is 0 Å². The third kappa shape index (κ3) is 10.4. The highest BCUT2D eigenvalue weighted by Gasteiger charge is 2.03. The van der Waals surface area contributed by atoms with Gasteiger partial charge in [0.15, 0.2) is 0 Å². The number of aromatic nitrogens is 2. The minimum Gasteiger partial charge on any atom is -0.155 e. The van der Waals surface area contributed by atoms with Gasteiger partial charge in [-0.2, -0.15) is 10.2 Å². The zero-order valence-corrected chi connectivity index (χ0v) is 19.7. The van der Waals surface area contributed by atoms with Crippen molar-refractivity contribution in [3.05, 3.63) is 47.7 Å². The predicted molar refractivity (Wildman–Crippen MR) is 131 cm³/mol. The lowest BCUT2D eigenvalue weighted by molar-refractivity contribution is 0.575. The van der Waals surface area contributed by atoms with E-state index in [1.54, 1.807) is 0 Å². The lowest BCUT2D eigenvalue weighted by Crippen LogP contribution is -1.95. The van der Waals surface area contributed by atoms with Gasteiger partial charge in [0.05, 0.1) is 11.4 Å². The molecule has 2 rings (SSSR count). The van der Waals surface area contributed by atoms with Crippen molar-refractivity contribution in [3.63, 3.8) is 0 Å². The van der Waals surface area contributed by atoms with Crippen molar-refractivity contribution in [1.29, 1.82) is 0 Å². The quantitative estimate of drug-likeness (QED) is 0.244. The smallest absolute Gasteiger partial charge is 0.0929 e. The van der Waals surface area contributed by atoms with Crippen molar-refractivity contribution >= 4 is 0 Å². The third-order valence-corrected chi connectivity index (χ3v) is 6.07. The average Bonchev–Trinajstić information content (AvgIpc) is 2.79. The maximum absolute atomic E-state index is 4.47. The van der Waals surface area contributed by atoms with Crippen LogP contribution in [0.15, 0.2) is 36.4 Å². The van der Waals surface area contributed by atoms with E-state index in [-0.39, 0.29) is 0 Å². The highest BCUT2D eigenvalue weighted by atomic mass is 15.1. The molecule has 1 heterocycles. The van der Waals surface area contributed by atoms with Crippen molar-refractivity contribution in [3.8, 4) is 11.3 Å². The van der Waals surface area contributed by atoms with Gasteiger partial charge in [-0.25, -0.2) is 0 Å². The van der Waals surface area contributed by atoms with Crippen molar-refractivity contribution in [2.24, 2.45) is 0 Å². The standard InChI is InChI=1S/C28H44N2/c1-3-5-7-9-11-12-13-15-17-25-19-21-26(22-20-25)28-24-23-27(29-30-28)18-16-14-10-8-6-4-2/h19-24H,3-18H2,1-2H3. The molecule has 0 N–H and O–H groups in total. The van der Waals surface area contributed by atoms with Crippen LogP contribution in [-0.2, 0) is 12.8 Å². The summed E-state index contributed by atoms with van der Waals surface area (Å²) in [5, 5.41) is 8.93. The van der Waals surface area contributed by atoms with Gasteiger partial charge in [-0.05, 0) is 43.4 Å². The molecular weight excluding hydrogens is 364 g/mol. The van der Waals surface area contributed by atoms with Crippen LogP contribution in [0.3, 0.4) is 0 Å². The number of benzene rings is 1. The molecule has 166 valence electrons. The molecule has 0 saturated carbocycles. The van der Waals surface area contributed by atoms with E-state index in [1.807, 2.05) is 0 Å². The molecule has 0 bridgehead atoms. The summed E-state index contributed by atoms with van der Waals surface area (Å²) in [5.74, 6) is 0. The Morgan fingerprint density at radius 2 is 1.03 bits per heavy atom. The Labute approximate surface area is 185 Å². The maximum atomic E-state index is 4.47. The fourth-order valence-corrected chi connectivity index (χ4v) is 4.04. The molecule has 0 atom stereocenters. The molecule has 0 aliphatic carbocycles. The van der Waals surface area contributed by atoms with Crippen LogP contribution in [0.1, 0.15) is 115 Å². The summed E-state index contributed by atoms with van der Waals surface area (Å²) < 4.78 is 0. The van der Waals surface area contributed by atoms with Gasteiger partial charge in [0, 0.05) is 5.56 Å². The normalized spacial score (nSPS) is 11.1. The van der Waals surface area contributed by atoms with Gasteiger partial charge >= 0.3 is 0 Å². The first-order valence-electron chi connectivity index (χ1n) is 12.8. The van der Waals surface area contributed by atoms with Crippen LogP contribution in [0, 0.1) is 0 Å². The van der Waals surface area contributed by atoms with Crippen molar-refractivity contribution in [2.45, 2.75) is 117 Å². The number of hydrogen-bond acceptors (Lipinski definition) is 2. The van der Waals surface area contributed by atoms with E-state index in [1.165, 1.54) is 107 Å². The summed E-state index contributed by atoms with van der Waals surface area (Å²) in [5.41, 5.74) is 4.73. The maximum Gasteiger partial charge on any atom is 0.0929 e. The molecule has 0 amide bonds. The Hall–Kier alpha value is -1.70. The molecule has 1 aromatic heterocycles. The molecule has 1 aromatic carbocycles. The van der Waals surface area contributed by atoms with E-state index in [2.05, 4.69) is 60.4 Å². The van der Waals surface area contributed by atoms with E-state index in [4.69, 9.17) is 0 Å². The number of aryl methyl sites for hydroxylation is 2. The molecule has 0 unspecified atom stereocenters. The Morgan fingerprint density at radius 1 is 0.500 bits per heavy atom. The fraction of sp³-hybridized carbons (Fsp3) is 0.643. The lowest BCUT2D eigenvalue weighted by atomic mass is 10.0. The van der Waals surface area contributed by atoms with E-state index in [0.717, 1.165) is 17.8 Å². The van der Waals surface area contributed by atoms with Crippen LogP contribution in [0.4, 0.5) is 0 Å². The van der Waals surface area contributed by atoms with E-state index >= 15 is 0 Å². The van der Waals surface area contributed by atoms with Crippen LogP contribution in [-0.4, -0.2) is 10.2 Å². The van der Waals surface area contributed by atoms with Gasteiger partial charge in [-0.1, -0.05) is 115 Å². The third-order valence-electron chi connectivity index (χ3n) is 6.07. The monoisotopic (exact) mass is 408 g/mol. The molecule has 0 spiro atoms. The Bertz CT molecular complexity index is 645. The number of nitrogens with zero attached hydrogens (tertiary/aromatic N) is 2. The number of hydrogen-bond donors (Lipinski definition) is 0. The molecule has 2 nitrogen and oxygen atoms in total. The largest absolute Gasteiger partial charge is 0.155 e. The first kappa shape index (κ1) is 24.6. The molecule has 30 heavy (non-hydrogen) atoms. The van der Waals surface area contributed by atoms with Gasteiger partial charge in [0.2, 0.25) is 0 Å². The first-order valence-corrected chi connectivity index (χ1v) is 12.8. The second-order valence-corrected chi connectivity index (χ2v) is 8.85. The summed E-state index contributed by atoms with van der Waals surface area (Å²) in [7, 11) is 0. The number of rotatable bonds is 17.